The van der Waals surface area contributed by atoms with Gasteiger partial charge in [-0.1, -0.05) is 0 Å². The standard InChI is InChI=1S/C7H12N2O3/c8-6(11)7(12)9-3-1-2-5(9)4-10/h5,10H,1-4H2,(H2,8,11)/t5-/m0/s1. The third-order valence-corrected chi connectivity index (χ3v) is 2.06. The van der Waals surface area contributed by atoms with Gasteiger partial charge in [0.1, 0.15) is 0 Å². The number of likely N-dealkylation sites (tertiary alicyclic amines) is 1. The van der Waals surface area contributed by atoms with Gasteiger partial charge in [-0.15, -0.1) is 0 Å². The van der Waals surface area contributed by atoms with Crippen LogP contribution in [0.25, 0.3) is 0 Å². The molecule has 1 rings (SSSR count). The van der Waals surface area contributed by atoms with Crippen LogP contribution in [0.15, 0.2) is 0 Å². The zero-order chi connectivity index (χ0) is 9.14. The molecule has 0 saturated carbocycles. The molecular formula is C7H12N2O3. The predicted octanol–water partition coefficient (Wildman–Crippen LogP) is -1.54. The topological polar surface area (TPSA) is 83.6 Å². The lowest BCUT2D eigenvalue weighted by Crippen LogP contribution is -2.44. The lowest BCUT2D eigenvalue weighted by atomic mass is 10.2. The first-order valence-corrected chi connectivity index (χ1v) is 3.88. The summed E-state index contributed by atoms with van der Waals surface area (Å²) in [6.45, 7) is 0.423. The van der Waals surface area contributed by atoms with Gasteiger partial charge in [-0.3, -0.25) is 9.59 Å². The molecule has 1 aliphatic rings. The lowest BCUT2D eigenvalue weighted by Gasteiger charge is -2.20. The van der Waals surface area contributed by atoms with Crippen molar-refractivity contribution in [2.75, 3.05) is 13.2 Å². The Labute approximate surface area is 70.1 Å². The number of carbonyl (C=O) groups excluding carboxylic acids is 2. The van der Waals surface area contributed by atoms with E-state index in [1.165, 1.54) is 4.90 Å². The van der Waals surface area contributed by atoms with E-state index < -0.39 is 11.8 Å². The smallest absolute Gasteiger partial charge is 0.311 e. The first-order chi connectivity index (χ1) is 5.66. The number of nitrogens with two attached hydrogens (primary N) is 1. The van der Waals surface area contributed by atoms with Gasteiger partial charge in [0.15, 0.2) is 0 Å². The fourth-order valence-electron chi connectivity index (χ4n) is 1.43. The van der Waals surface area contributed by atoms with Gasteiger partial charge in [-0.05, 0) is 12.8 Å². The van der Waals surface area contributed by atoms with Crippen LogP contribution in [0.3, 0.4) is 0 Å². The van der Waals surface area contributed by atoms with Crippen molar-refractivity contribution in [2.24, 2.45) is 5.73 Å². The average molecular weight is 172 g/mol. The summed E-state index contributed by atoms with van der Waals surface area (Å²) >= 11 is 0. The number of carbonyl (C=O) groups is 2. The Morgan fingerprint density at radius 2 is 2.25 bits per heavy atom. The van der Waals surface area contributed by atoms with E-state index >= 15 is 0 Å². The van der Waals surface area contributed by atoms with E-state index in [-0.39, 0.29) is 12.6 Å². The second-order valence-corrected chi connectivity index (χ2v) is 2.84. The van der Waals surface area contributed by atoms with Crippen LogP contribution in [0.5, 0.6) is 0 Å². The molecule has 0 bridgehead atoms. The van der Waals surface area contributed by atoms with Crippen molar-refractivity contribution in [2.45, 2.75) is 18.9 Å². The van der Waals surface area contributed by atoms with Gasteiger partial charge in [0.05, 0.1) is 12.6 Å². The minimum Gasteiger partial charge on any atom is -0.394 e. The van der Waals surface area contributed by atoms with Crippen molar-refractivity contribution < 1.29 is 14.7 Å². The van der Waals surface area contributed by atoms with Crippen molar-refractivity contribution in [3.8, 4) is 0 Å². The minimum atomic E-state index is -0.949. The van der Waals surface area contributed by atoms with Crippen LogP contribution >= 0.6 is 0 Å². The zero-order valence-corrected chi connectivity index (χ0v) is 6.69. The molecule has 1 heterocycles. The number of nitrogens with zero attached hydrogens (tertiary/aromatic N) is 1. The number of aliphatic hydroxyl groups is 1. The van der Waals surface area contributed by atoms with Gasteiger partial charge in [0.25, 0.3) is 0 Å². The quantitative estimate of drug-likeness (QED) is 0.470. The van der Waals surface area contributed by atoms with Crippen molar-refractivity contribution in [1.29, 1.82) is 0 Å². The largest absolute Gasteiger partial charge is 0.394 e. The fourth-order valence-corrected chi connectivity index (χ4v) is 1.43. The Hall–Kier alpha value is -1.10. The highest BCUT2D eigenvalue weighted by atomic mass is 16.3. The normalized spacial score (nSPS) is 22.8. The van der Waals surface area contributed by atoms with Crippen molar-refractivity contribution in [3.63, 3.8) is 0 Å². The van der Waals surface area contributed by atoms with Gasteiger partial charge in [0, 0.05) is 6.54 Å². The molecule has 1 fully saturated rings. The number of rotatable bonds is 1. The predicted molar refractivity (Wildman–Crippen MR) is 41.0 cm³/mol. The maximum atomic E-state index is 11.1. The van der Waals surface area contributed by atoms with Gasteiger partial charge in [0.2, 0.25) is 0 Å². The monoisotopic (exact) mass is 172 g/mol. The molecule has 0 unspecified atom stereocenters. The molecule has 1 aliphatic heterocycles. The number of aliphatic hydroxyl groups excluding tert-OH is 1. The minimum absolute atomic E-state index is 0.0982. The molecule has 3 N–H and O–H groups in total. The van der Waals surface area contributed by atoms with Crippen LogP contribution in [0.1, 0.15) is 12.8 Å². The maximum Gasteiger partial charge on any atom is 0.311 e. The molecular weight excluding hydrogens is 160 g/mol. The maximum absolute atomic E-state index is 11.1. The van der Waals surface area contributed by atoms with Gasteiger partial charge < -0.3 is 15.7 Å². The van der Waals surface area contributed by atoms with Crippen molar-refractivity contribution in [3.05, 3.63) is 0 Å². The number of hydrogen-bond donors (Lipinski definition) is 2. The van der Waals surface area contributed by atoms with E-state index in [0.29, 0.717) is 6.54 Å². The highest BCUT2D eigenvalue weighted by molar-refractivity contribution is 6.34. The molecule has 0 aromatic carbocycles. The molecule has 5 nitrogen and oxygen atoms in total. The molecule has 0 radical (unpaired) electrons. The summed E-state index contributed by atoms with van der Waals surface area (Å²) in [5.41, 5.74) is 4.82. The highest BCUT2D eigenvalue weighted by Gasteiger charge is 2.30. The molecule has 0 aromatic rings. The van der Waals surface area contributed by atoms with Crippen LogP contribution in [-0.2, 0) is 9.59 Å². The molecule has 12 heavy (non-hydrogen) atoms. The summed E-state index contributed by atoms with van der Waals surface area (Å²) < 4.78 is 0. The van der Waals surface area contributed by atoms with Crippen molar-refractivity contribution >= 4 is 11.8 Å². The molecule has 1 saturated heterocycles. The van der Waals surface area contributed by atoms with Crippen LogP contribution in [0.2, 0.25) is 0 Å². The Kier molecular flexibility index (Phi) is 2.65. The summed E-state index contributed by atoms with van der Waals surface area (Å²) in [5.74, 6) is -1.64. The first kappa shape index (κ1) is 8.99. The Balaban J connectivity index is 2.61. The van der Waals surface area contributed by atoms with E-state index in [4.69, 9.17) is 10.8 Å². The summed E-state index contributed by atoms with van der Waals surface area (Å²) in [6, 6.07) is -0.218. The third kappa shape index (κ3) is 1.55. The molecule has 5 heteroatoms. The molecule has 1 atom stereocenters. The lowest BCUT2D eigenvalue weighted by molar-refractivity contribution is -0.145. The highest BCUT2D eigenvalue weighted by Crippen LogP contribution is 2.16. The molecule has 0 aromatic heterocycles. The second-order valence-electron chi connectivity index (χ2n) is 2.84. The number of primary amides is 1. The SMILES string of the molecule is NC(=O)C(=O)N1CCC[C@H]1CO. The van der Waals surface area contributed by atoms with E-state index in [0.717, 1.165) is 12.8 Å². The molecule has 2 amide bonds. The van der Waals surface area contributed by atoms with Crippen LogP contribution < -0.4 is 5.73 Å². The summed E-state index contributed by atoms with van der Waals surface area (Å²) in [6.07, 6.45) is 1.57. The van der Waals surface area contributed by atoms with E-state index in [2.05, 4.69) is 0 Å². The molecule has 0 spiro atoms. The Morgan fingerprint density at radius 3 is 2.75 bits per heavy atom. The van der Waals surface area contributed by atoms with E-state index in [1.54, 1.807) is 0 Å². The van der Waals surface area contributed by atoms with Crippen LogP contribution in [0, 0.1) is 0 Å². The molecule has 68 valence electrons. The summed E-state index contributed by atoms with van der Waals surface area (Å²) in [7, 11) is 0. The van der Waals surface area contributed by atoms with Crippen molar-refractivity contribution in [1.82, 2.24) is 4.90 Å². The van der Waals surface area contributed by atoms with Gasteiger partial charge in [-0.2, -0.15) is 0 Å². The summed E-state index contributed by atoms with van der Waals surface area (Å²) in [4.78, 5) is 22.9. The average Bonchev–Trinajstić information content (AvgIpc) is 2.49. The van der Waals surface area contributed by atoms with Gasteiger partial charge in [-0.25, -0.2) is 0 Å². The summed E-state index contributed by atoms with van der Waals surface area (Å²) in [5, 5.41) is 8.82. The molecule has 0 aliphatic carbocycles. The Morgan fingerprint density at radius 1 is 1.58 bits per heavy atom. The third-order valence-electron chi connectivity index (χ3n) is 2.06. The first-order valence-electron chi connectivity index (χ1n) is 3.88. The Bertz CT molecular complexity index is 205. The zero-order valence-electron chi connectivity index (χ0n) is 6.69. The number of hydrogen-bond acceptors (Lipinski definition) is 3. The van der Waals surface area contributed by atoms with Crippen LogP contribution in [-0.4, -0.2) is 41.0 Å². The number of amides is 2. The second kappa shape index (κ2) is 3.53. The van der Waals surface area contributed by atoms with Crippen LogP contribution in [0.4, 0.5) is 0 Å². The van der Waals surface area contributed by atoms with Gasteiger partial charge >= 0.3 is 11.8 Å². The fraction of sp³-hybridized carbons (Fsp3) is 0.714. The van der Waals surface area contributed by atoms with E-state index in [9.17, 15) is 9.59 Å². The van der Waals surface area contributed by atoms with E-state index in [1.807, 2.05) is 0 Å².